The predicted molar refractivity (Wildman–Crippen MR) is 170 cm³/mol. The van der Waals surface area contributed by atoms with Crippen LogP contribution < -0.4 is 15.4 Å². The van der Waals surface area contributed by atoms with Gasteiger partial charge in [0.25, 0.3) is 5.91 Å². The minimum absolute atomic E-state index is 0.0500. The number of amides is 2. The van der Waals surface area contributed by atoms with E-state index in [0.717, 1.165) is 28.9 Å². The zero-order valence-electron chi connectivity index (χ0n) is 24.9. The molecule has 0 aliphatic rings. The molecule has 0 saturated carbocycles. The summed E-state index contributed by atoms with van der Waals surface area (Å²) in [6.07, 6.45) is 2.46. The Hall–Kier alpha value is -4.71. The maximum Gasteiger partial charge on any atom is 0.251 e. The summed E-state index contributed by atoms with van der Waals surface area (Å²) in [7, 11) is 0. The highest BCUT2D eigenvalue weighted by molar-refractivity contribution is 5.98. The highest BCUT2D eigenvalue weighted by Gasteiger charge is 2.27. The van der Waals surface area contributed by atoms with E-state index >= 15 is 0 Å². The number of aryl methyl sites for hydroxylation is 2. The van der Waals surface area contributed by atoms with Crippen molar-refractivity contribution in [3.8, 4) is 5.75 Å². The topological polar surface area (TPSA) is 84.5 Å². The largest absolute Gasteiger partial charge is 0.494 e. The molecule has 4 rings (SSSR count). The molecule has 2 amide bonds. The summed E-state index contributed by atoms with van der Waals surface area (Å²) in [5, 5.41) is 5.91. The van der Waals surface area contributed by atoms with Crippen molar-refractivity contribution in [3.05, 3.63) is 137 Å². The average Bonchev–Trinajstić information content (AvgIpc) is 3.05. The van der Waals surface area contributed by atoms with Crippen LogP contribution in [0.3, 0.4) is 0 Å². The van der Waals surface area contributed by atoms with Crippen LogP contribution in [0.25, 0.3) is 0 Å². The molecule has 0 bridgehead atoms. The van der Waals surface area contributed by atoms with Crippen LogP contribution in [0.4, 0.5) is 0 Å². The third-order valence-electron chi connectivity index (χ3n) is 7.41. The summed E-state index contributed by atoms with van der Waals surface area (Å²) < 4.78 is 5.55. The summed E-state index contributed by atoms with van der Waals surface area (Å²) in [6, 6.07) is 32.6. The van der Waals surface area contributed by atoms with Gasteiger partial charge < -0.3 is 15.4 Å². The summed E-state index contributed by atoms with van der Waals surface area (Å²) in [6.45, 7) is 4.59. The Labute approximate surface area is 254 Å². The molecule has 0 heterocycles. The van der Waals surface area contributed by atoms with Gasteiger partial charge in [0.2, 0.25) is 5.91 Å². The zero-order chi connectivity index (χ0) is 30.4. The molecule has 0 unspecified atom stereocenters. The van der Waals surface area contributed by atoms with E-state index in [2.05, 4.69) is 41.8 Å². The monoisotopic (exact) mass is 576 g/mol. The molecule has 0 fully saturated rings. The van der Waals surface area contributed by atoms with Gasteiger partial charge in [0, 0.05) is 18.4 Å². The van der Waals surface area contributed by atoms with Gasteiger partial charge >= 0.3 is 0 Å². The maximum atomic E-state index is 13.8. The highest BCUT2D eigenvalue weighted by Crippen LogP contribution is 2.15. The van der Waals surface area contributed by atoms with E-state index in [0.29, 0.717) is 31.4 Å². The third kappa shape index (κ3) is 9.67. The van der Waals surface area contributed by atoms with Gasteiger partial charge in [0.15, 0.2) is 5.78 Å². The van der Waals surface area contributed by atoms with Gasteiger partial charge in [-0.05, 0) is 72.7 Å². The minimum atomic E-state index is -0.890. The number of hydrogen-bond acceptors (Lipinski definition) is 4. The lowest BCUT2D eigenvalue weighted by atomic mass is 9.96. The van der Waals surface area contributed by atoms with E-state index < -0.39 is 18.0 Å². The van der Waals surface area contributed by atoms with Crippen molar-refractivity contribution >= 4 is 17.6 Å². The molecule has 6 nitrogen and oxygen atoms in total. The van der Waals surface area contributed by atoms with E-state index in [-0.39, 0.29) is 18.1 Å². The Morgan fingerprint density at radius 3 is 1.81 bits per heavy atom. The van der Waals surface area contributed by atoms with E-state index in [1.807, 2.05) is 67.6 Å². The maximum absolute atomic E-state index is 13.8. The molecule has 0 aliphatic heterocycles. The molecule has 0 radical (unpaired) electrons. The predicted octanol–water partition coefficient (Wildman–Crippen LogP) is 5.92. The van der Waals surface area contributed by atoms with Crippen LogP contribution in [0, 0.1) is 0 Å². The van der Waals surface area contributed by atoms with Crippen molar-refractivity contribution in [1.29, 1.82) is 0 Å². The number of carbonyl (C=O) groups excluding carboxylic acids is 3. The van der Waals surface area contributed by atoms with Gasteiger partial charge in [-0.25, -0.2) is 0 Å². The van der Waals surface area contributed by atoms with Gasteiger partial charge in [0.05, 0.1) is 12.6 Å². The molecule has 6 heteroatoms. The first-order valence-corrected chi connectivity index (χ1v) is 15.0. The van der Waals surface area contributed by atoms with E-state index in [1.54, 1.807) is 24.3 Å². The van der Waals surface area contributed by atoms with Crippen LogP contribution in [-0.2, 0) is 35.3 Å². The van der Waals surface area contributed by atoms with Crippen molar-refractivity contribution in [2.24, 2.45) is 0 Å². The number of carbonyl (C=O) groups is 3. The number of ether oxygens (including phenoxy) is 1. The summed E-state index contributed by atoms with van der Waals surface area (Å²) >= 11 is 0. The van der Waals surface area contributed by atoms with Crippen LogP contribution in [-0.4, -0.2) is 36.3 Å². The van der Waals surface area contributed by atoms with Gasteiger partial charge in [-0.3, -0.25) is 14.4 Å². The summed E-state index contributed by atoms with van der Waals surface area (Å²) in [5.41, 5.74) is 4.60. The minimum Gasteiger partial charge on any atom is -0.494 e. The van der Waals surface area contributed by atoms with Gasteiger partial charge in [0.1, 0.15) is 11.8 Å². The number of nitrogens with one attached hydrogen (secondary N) is 2. The molecule has 0 saturated heterocycles. The molecule has 4 aromatic carbocycles. The quantitative estimate of drug-likeness (QED) is 0.184. The molecule has 2 atom stereocenters. The molecule has 0 aliphatic carbocycles. The first-order valence-electron chi connectivity index (χ1n) is 15.0. The molecule has 4 aromatic rings. The van der Waals surface area contributed by atoms with E-state index in [4.69, 9.17) is 4.74 Å². The lowest BCUT2D eigenvalue weighted by molar-refractivity contribution is -0.128. The number of Topliss-reactive ketones (excluding diaryl/α,β-unsaturated/α-hetero) is 1. The standard InChI is InChI=1S/C37H40N2O4/c1-3-27-15-17-28(18-16-27)21-24-35(40)33(25-29-11-7-5-8-12-29)38-37(42)34(39-36(41)31-13-9-6-10-14-31)26-30-19-22-32(23-20-30)43-4-2/h5-20,22-23,33-34H,3-4,21,24-26H2,1-2H3,(H,38,42)(H,39,41)/t33-,34+/m0/s1. The Kier molecular flexibility index (Phi) is 11.7. The van der Waals surface area contributed by atoms with Crippen LogP contribution in [0.2, 0.25) is 0 Å². The second-order valence-electron chi connectivity index (χ2n) is 10.6. The molecule has 0 spiro atoms. The van der Waals surface area contributed by atoms with E-state index in [1.165, 1.54) is 5.56 Å². The van der Waals surface area contributed by atoms with Crippen molar-refractivity contribution in [3.63, 3.8) is 0 Å². The first-order chi connectivity index (χ1) is 20.9. The van der Waals surface area contributed by atoms with Crippen LogP contribution >= 0.6 is 0 Å². The fourth-order valence-corrected chi connectivity index (χ4v) is 4.92. The first kappa shape index (κ1) is 31.2. The Morgan fingerprint density at radius 2 is 1.19 bits per heavy atom. The van der Waals surface area contributed by atoms with Crippen molar-refractivity contribution in [1.82, 2.24) is 10.6 Å². The zero-order valence-corrected chi connectivity index (χ0v) is 24.9. The Bertz CT molecular complexity index is 1450. The van der Waals surface area contributed by atoms with Gasteiger partial charge in [-0.15, -0.1) is 0 Å². The second kappa shape index (κ2) is 16.1. The number of hydrogen-bond donors (Lipinski definition) is 2. The van der Waals surface area contributed by atoms with Crippen molar-refractivity contribution in [2.45, 2.75) is 58.0 Å². The summed E-state index contributed by atoms with van der Waals surface area (Å²) in [5.74, 6) is -0.0719. The third-order valence-corrected chi connectivity index (χ3v) is 7.41. The lowest BCUT2D eigenvalue weighted by Gasteiger charge is -2.23. The fraction of sp³-hybridized carbons (Fsp3) is 0.270. The second-order valence-corrected chi connectivity index (χ2v) is 10.6. The number of ketones is 1. The van der Waals surface area contributed by atoms with Crippen LogP contribution in [0.15, 0.2) is 109 Å². The Morgan fingerprint density at radius 1 is 0.628 bits per heavy atom. The number of benzene rings is 4. The fourth-order valence-electron chi connectivity index (χ4n) is 4.92. The van der Waals surface area contributed by atoms with Gasteiger partial charge in [-0.2, -0.15) is 0 Å². The smallest absolute Gasteiger partial charge is 0.251 e. The average molecular weight is 577 g/mol. The number of rotatable bonds is 15. The van der Waals surface area contributed by atoms with E-state index in [9.17, 15) is 14.4 Å². The molecule has 0 aromatic heterocycles. The highest BCUT2D eigenvalue weighted by atomic mass is 16.5. The van der Waals surface area contributed by atoms with Crippen LogP contribution in [0.1, 0.15) is 52.9 Å². The SMILES string of the molecule is CCOc1ccc(C[C@@H](NC(=O)c2ccccc2)C(=O)N[C@@H](Cc2ccccc2)C(=O)CCc2ccc(CC)cc2)cc1. The van der Waals surface area contributed by atoms with Gasteiger partial charge in [-0.1, -0.05) is 91.9 Å². The molecule has 43 heavy (non-hydrogen) atoms. The summed E-state index contributed by atoms with van der Waals surface area (Å²) in [4.78, 5) is 40.5. The lowest BCUT2D eigenvalue weighted by Crippen LogP contribution is -2.53. The molecular formula is C37H40N2O4. The Balaban J connectivity index is 1.53. The van der Waals surface area contributed by atoms with Crippen molar-refractivity contribution < 1.29 is 19.1 Å². The molecule has 222 valence electrons. The molecule has 2 N–H and O–H groups in total. The molecular weight excluding hydrogens is 536 g/mol. The normalized spacial score (nSPS) is 12.1. The van der Waals surface area contributed by atoms with Crippen LogP contribution in [0.5, 0.6) is 5.75 Å². The van der Waals surface area contributed by atoms with Crippen molar-refractivity contribution in [2.75, 3.05) is 6.61 Å².